The highest BCUT2D eigenvalue weighted by atomic mass is 35.5. The molecule has 0 aliphatic heterocycles. The molecule has 1 rings (SSSR count). The molecule has 4 nitrogen and oxygen atoms in total. The van der Waals surface area contributed by atoms with E-state index >= 15 is 0 Å². The third-order valence-corrected chi connectivity index (χ3v) is 4.36. The van der Waals surface area contributed by atoms with E-state index in [2.05, 4.69) is 0 Å². The van der Waals surface area contributed by atoms with Crippen molar-refractivity contribution in [2.24, 2.45) is 5.73 Å². The maximum Gasteiger partial charge on any atom is 0.232 e. The van der Waals surface area contributed by atoms with Crippen molar-refractivity contribution in [1.29, 1.82) is 0 Å². The molecule has 1 unspecified atom stereocenters. The summed E-state index contributed by atoms with van der Waals surface area (Å²) in [6, 6.07) is 5.01. The molecule has 1 aromatic rings. The molecule has 0 bridgehead atoms. The molecule has 1 aromatic carbocycles. The van der Waals surface area contributed by atoms with Crippen molar-refractivity contribution >= 4 is 46.8 Å². The zero-order valence-electron chi connectivity index (χ0n) is 11.2. The minimum absolute atomic E-state index is 0.0882. The molecular formula is C13H16Cl2N2O2S. The molecule has 2 amide bonds. The van der Waals surface area contributed by atoms with Gasteiger partial charge in [0.05, 0.1) is 17.5 Å². The average molecular weight is 335 g/mol. The van der Waals surface area contributed by atoms with Crippen molar-refractivity contribution in [3.05, 3.63) is 33.8 Å². The minimum Gasteiger partial charge on any atom is -0.369 e. The molecule has 20 heavy (non-hydrogen) atoms. The first-order valence-electron chi connectivity index (χ1n) is 5.89. The van der Waals surface area contributed by atoms with Gasteiger partial charge in [-0.25, -0.2) is 0 Å². The fourth-order valence-electron chi connectivity index (χ4n) is 1.61. The van der Waals surface area contributed by atoms with Crippen LogP contribution in [0, 0.1) is 0 Å². The van der Waals surface area contributed by atoms with E-state index in [-0.39, 0.29) is 23.5 Å². The van der Waals surface area contributed by atoms with Gasteiger partial charge in [0, 0.05) is 17.1 Å². The molecular weight excluding hydrogens is 319 g/mol. The lowest BCUT2D eigenvalue weighted by atomic mass is 10.1. The number of carbonyl (C=O) groups excluding carboxylic acids is 2. The van der Waals surface area contributed by atoms with Gasteiger partial charge >= 0.3 is 0 Å². The number of rotatable bonds is 6. The van der Waals surface area contributed by atoms with Crippen LogP contribution in [-0.2, 0) is 9.59 Å². The monoisotopic (exact) mass is 334 g/mol. The number of hydrogen-bond acceptors (Lipinski definition) is 3. The second-order valence-corrected chi connectivity index (χ2v) is 6.13. The van der Waals surface area contributed by atoms with Crippen molar-refractivity contribution in [2.45, 2.75) is 13.0 Å². The molecule has 0 spiro atoms. The van der Waals surface area contributed by atoms with Crippen LogP contribution in [0.15, 0.2) is 18.2 Å². The predicted octanol–water partition coefficient (Wildman–Crippen LogP) is 2.73. The summed E-state index contributed by atoms with van der Waals surface area (Å²) >= 11 is 13.2. The number of benzene rings is 1. The normalized spacial score (nSPS) is 12.0. The molecule has 2 N–H and O–H groups in total. The summed E-state index contributed by atoms with van der Waals surface area (Å²) in [6.07, 6.45) is 0. The van der Waals surface area contributed by atoms with Crippen molar-refractivity contribution < 1.29 is 9.59 Å². The lowest BCUT2D eigenvalue weighted by molar-refractivity contribution is -0.128. The Balaban J connectivity index is 2.68. The van der Waals surface area contributed by atoms with Crippen LogP contribution in [0.1, 0.15) is 18.5 Å². The molecule has 0 aliphatic carbocycles. The number of halogens is 2. The van der Waals surface area contributed by atoms with Crippen molar-refractivity contribution in [1.82, 2.24) is 4.90 Å². The zero-order chi connectivity index (χ0) is 15.3. The van der Waals surface area contributed by atoms with Crippen molar-refractivity contribution in [3.63, 3.8) is 0 Å². The third kappa shape index (κ3) is 4.89. The largest absolute Gasteiger partial charge is 0.369 e. The van der Waals surface area contributed by atoms with Crippen LogP contribution in [-0.4, -0.2) is 35.3 Å². The Morgan fingerprint density at radius 1 is 1.35 bits per heavy atom. The summed E-state index contributed by atoms with van der Waals surface area (Å²) in [5.41, 5.74) is 5.85. The Bertz CT molecular complexity index is 511. The Kier molecular flexibility index (Phi) is 6.65. The van der Waals surface area contributed by atoms with Crippen LogP contribution in [0.3, 0.4) is 0 Å². The highest BCUT2D eigenvalue weighted by Gasteiger charge is 2.19. The minimum atomic E-state index is -0.431. The summed E-state index contributed by atoms with van der Waals surface area (Å²) in [4.78, 5) is 24.2. The number of nitrogens with two attached hydrogens (primary N) is 1. The van der Waals surface area contributed by atoms with Gasteiger partial charge in [0.15, 0.2) is 0 Å². The summed E-state index contributed by atoms with van der Waals surface area (Å²) in [5, 5.41) is 1.08. The Hall–Kier alpha value is -0.910. The number of hydrogen-bond donors (Lipinski definition) is 1. The highest BCUT2D eigenvalue weighted by Crippen LogP contribution is 2.29. The molecule has 0 radical (unpaired) electrons. The summed E-state index contributed by atoms with van der Waals surface area (Å²) < 4.78 is 0. The Labute approximate surface area is 132 Å². The van der Waals surface area contributed by atoms with Crippen LogP contribution in [0.2, 0.25) is 10.0 Å². The molecule has 1 atom stereocenters. The van der Waals surface area contributed by atoms with Gasteiger partial charge in [-0.2, -0.15) is 0 Å². The van der Waals surface area contributed by atoms with E-state index in [4.69, 9.17) is 28.9 Å². The first kappa shape index (κ1) is 17.1. The second-order valence-electron chi connectivity index (χ2n) is 4.31. The molecule has 0 aliphatic rings. The number of amides is 2. The maximum atomic E-state index is 12.0. The van der Waals surface area contributed by atoms with Gasteiger partial charge in [0.1, 0.15) is 0 Å². The first-order valence-corrected chi connectivity index (χ1v) is 7.80. The van der Waals surface area contributed by atoms with Gasteiger partial charge in [0.2, 0.25) is 11.8 Å². The lowest BCUT2D eigenvalue weighted by Gasteiger charge is -2.26. The first-order chi connectivity index (χ1) is 9.32. The van der Waals surface area contributed by atoms with Gasteiger partial charge in [-0.15, -0.1) is 11.8 Å². The van der Waals surface area contributed by atoms with Crippen LogP contribution in [0.25, 0.3) is 0 Å². The van der Waals surface area contributed by atoms with Gasteiger partial charge in [0.25, 0.3) is 0 Å². The third-order valence-electron chi connectivity index (χ3n) is 2.86. The second kappa shape index (κ2) is 7.76. The summed E-state index contributed by atoms with van der Waals surface area (Å²) in [6.45, 7) is 1.88. The highest BCUT2D eigenvalue weighted by molar-refractivity contribution is 8.00. The molecule has 110 valence electrons. The van der Waals surface area contributed by atoms with E-state index in [0.29, 0.717) is 10.0 Å². The number of carbonyl (C=O) groups is 2. The van der Waals surface area contributed by atoms with Crippen LogP contribution < -0.4 is 5.73 Å². The predicted molar refractivity (Wildman–Crippen MR) is 84.2 cm³/mol. The Morgan fingerprint density at radius 2 is 2.00 bits per heavy atom. The molecule has 0 heterocycles. The topological polar surface area (TPSA) is 63.4 Å². The fraction of sp³-hybridized carbons (Fsp3) is 0.385. The van der Waals surface area contributed by atoms with Gasteiger partial charge < -0.3 is 10.6 Å². The van der Waals surface area contributed by atoms with E-state index in [0.717, 1.165) is 5.56 Å². The fourth-order valence-corrected chi connectivity index (χ4v) is 2.85. The van der Waals surface area contributed by atoms with Crippen molar-refractivity contribution in [3.8, 4) is 0 Å². The Morgan fingerprint density at radius 3 is 2.55 bits per heavy atom. The summed E-state index contributed by atoms with van der Waals surface area (Å²) in [7, 11) is 1.70. The number of thioether (sulfide) groups is 1. The van der Waals surface area contributed by atoms with Gasteiger partial charge in [-0.1, -0.05) is 29.3 Å². The van der Waals surface area contributed by atoms with E-state index < -0.39 is 5.91 Å². The molecule has 7 heteroatoms. The van der Waals surface area contributed by atoms with Gasteiger partial charge in [-0.3, -0.25) is 9.59 Å². The number of primary amides is 1. The average Bonchev–Trinajstić information content (AvgIpc) is 2.36. The SMILES string of the molecule is CC(c1ccc(Cl)cc1Cl)N(C)C(=O)CSCC(N)=O. The van der Waals surface area contributed by atoms with E-state index in [1.807, 2.05) is 6.92 Å². The smallest absolute Gasteiger partial charge is 0.232 e. The van der Waals surface area contributed by atoms with Crippen LogP contribution in [0.5, 0.6) is 0 Å². The van der Waals surface area contributed by atoms with Crippen LogP contribution >= 0.6 is 35.0 Å². The number of nitrogens with zero attached hydrogens (tertiary/aromatic N) is 1. The zero-order valence-corrected chi connectivity index (χ0v) is 13.6. The quantitative estimate of drug-likeness (QED) is 0.869. The maximum absolute atomic E-state index is 12.0. The van der Waals surface area contributed by atoms with Gasteiger partial charge in [-0.05, 0) is 24.6 Å². The molecule has 0 saturated heterocycles. The summed E-state index contributed by atoms with van der Waals surface area (Å²) in [5.74, 6) is -0.181. The van der Waals surface area contributed by atoms with E-state index in [1.165, 1.54) is 11.8 Å². The van der Waals surface area contributed by atoms with Crippen LogP contribution in [0.4, 0.5) is 0 Å². The van der Waals surface area contributed by atoms with E-state index in [1.54, 1.807) is 30.1 Å². The molecule has 0 fully saturated rings. The lowest BCUT2D eigenvalue weighted by Crippen LogP contribution is -2.31. The standard InChI is InChI=1S/C13H16Cl2N2O2S/c1-8(10-4-3-9(14)5-11(10)15)17(2)13(19)7-20-6-12(16)18/h3-5,8H,6-7H2,1-2H3,(H2,16,18). The van der Waals surface area contributed by atoms with E-state index in [9.17, 15) is 9.59 Å². The molecule has 0 saturated carbocycles. The molecule has 0 aromatic heterocycles. The van der Waals surface area contributed by atoms with Crippen molar-refractivity contribution in [2.75, 3.05) is 18.6 Å².